The lowest BCUT2D eigenvalue weighted by Crippen LogP contribution is -2.34. The number of nitrogens with one attached hydrogen (secondary N) is 1. The maximum absolute atomic E-state index is 13.9. The number of hydrogen-bond donors (Lipinski definition) is 2. The number of alkyl carbamates (subject to hydrolysis) is 1. The molecule has 0 saturated carbocycles. The third kappa shape index (κ3) is 6.69. The van der Waals surface area contributed by atoms with Crippen LogP contribution in [0.1, 0.15) is 42.3 Å². The standard InChI is InChI=1S/C26H24ClF3N4O4S/c1-25(2,3)38-23(36)31-8-9-34-22(35)21(39-24(34)37)18(14-5-7-20-16(10-14)13-32-33-20)11-15-4-6-17(27)12-19(15)26(28,29)30/h4-7,10,12-13,35H,8-9,11H2,1-3H3,(H,31,36). The van der Waals surface area contributed by atoms with Gasteiger partial charge in [0, 0.05) is 30.1 Å². The first-order valence-electron chi connectivity index (χ1n) is 11.7. The van der Waals surface area contributed by atoms with Crippen LogP contribution in [0.5, 0.6) is 5.88 Å². The predicted octanol–water partition coefficient (Wildman–Crippen LogP) is 4.22. The molecule has 1 aliphatic heterocycles. The number of nitrogens with zero attached hydrogens (tertiary/aromatic N) is 3. The second-order valence-corrected chi connectivity index (χ2v) is 11.1. The SMILES string of the molecule is CC(C)(C)OC(=O)NCCn1c(O)c(C(Cc2ccc(Cl)cc2C(F)(F)F)=c2ccc3c(c2)C=NN=3)sc1=O. The number of halogens is 4. The number of alkyl halides is 3. The van der Waals surface area contributed by atoms with E-state index in [-0.39, 0.29) is 35.0 Å². The Balaban J connectivity index is 1.77. The van der Waals surface area contributed by atoms with Crippen molar-refractivity contribution < 1.29 is 27.8 Å². The molecule has 39 heavy (non-hydrogen) atoms. The number of amides is 1. The summed E-state index contributed by atoms with van der Waals surface area (Å²) in [6.45, 7) is 5.00. The summed E-state index contributed by atoms with van der Waals surface area (Å²) in [5.74, 6) is -0.424. The monoisotopic (exact) mass is 580 g/mol. The number of ether oxygens (including phenoxy) is 1. The maximum Gasteiger partial charge on any atom is 0.416 e. The highest BCUT2D eigenvalue weighted by Gasteiger charge is 2.34. The molecule has 0 unspecified atom stereocenters. The molecule has 1 aromatic heterocycles. The van der Waals surface area contributed by atoms with Crippen molar-refractivity contribution in [2.24, 2.45) is 10.2 Å². The molecule has 4 rings (SSSR count). The molecular weight excluding hydrogens is 557 g/mol. The number of fused-ring (bicyclic) bond motifs is 1. The molecule has 0 spiro atoms. The van der Waals surface area contributed by atoms with Crippen molar-refractivity contribution in [2.75, 3.05) is 6.54 Å². The number of aromatic hydroxyl groups is 1. The summed E-state index contributed by atoms with van der Waals surface area (Å²) in [7, 11) is 0. The van der Waals surface area contributed by atoms with Gasteiger partial charge in [0.15, 0.2) is 0 Å². The van der Waals surface area contributed by atoms with Crippen molar-refractivity contribution in [1.29, 1.82) is 0 Å². The zero-order valence-electron chi connectivity index (χ0n) is 21.1. The van der Waals surface area contributed by atoms with E-state index >= 15 is 0 Å². The van der Waals surface area contributed by atoms with E-state index in [2.05, 4.69) is 15.5 Å². The molecule has 2 heterocycles. The summed E-state index contributed by atoms with van der Waals surface area (Å²) in [5.41, 5.74) is -0.778. The van der Waals surface area contributed by atoms with E-state index in [1.807, 2.05) is 0 Å². The fourth-order valence-corrected chi connectivity index (χ4v) is 5.08. The first-order chi connectivity index (χ1) is 18.2. The molecule has 0 aliphatic carbocycles. The van der Waals surface area contributed by atoms with Crippen LogP contribution in [0.25, 0.3) is 5.57 Å². The Morgan fingerprint density at radius 3 is 2.62 bits per heavy atom. The molecular formula is C26H24ClF3N4O4S. The zero-order chi connectivity index (χ0) is 28.5. The van der Waals surface area contributed by atoms with Gasteiger partial charge in [-0.25, -0.2) is 4.79 Å². The lowest BCUT2D eigenvalue weighted by atomic mass is 9.96. The van der Waals surface area contributed by atoms with Crippen molar-refractivity contribution in [2.45, 2.75) is 45.5 Å². The van der Waals surface area contributed by atoms with E-state index in [1.165, 1.54) is 18.3 Å². The van der Waals surface area contributed by atoms with Crippen molar-refractivity contribution >= 4 is 40.8 Å². The molecule has 2 aromatic carbocycles. The van der Waals surface area contributed by atoms with Gasteiger partial charge in [0.2, 0.25) is 5.88 Å². The van der Waals surface area contributed by atoms with Gasteiger partial charge in [-0.3, -0.25) is 9.36 Å². The summed E-state index contributed by atoms with van der Waals surface area (Å²) in [4.78, 5) is 24.3. The van der Waals surface area contributed by atoms with Crippen molar-refractivity contribution in [3.63, 3.8) is 0 Å². The van der Waals surface area contributed by atoms with E-state index in [0.29, 0.717) is 33.0 Å². The van der Waals surface area contributed by atoms with Gasteiger partial charge in [-0.05, 0) is 61.4 Å². The van der Waals surface area contributed by atoms with Crippen LogP contribution in [0.4, 0.5) is 18.0 Å². The summed E-state index contributed by atoms with van der Waals surface area (Å²) < 4.78 is 47.8. The average Bonchev–Trinajstić information content (AvgIpc) is 3.40. The zero-order valence-corrected chi connectivity index (χ0v) is 22.7. The molecule has 8 nitrogen and oxygen atoms in total. The Kier molecular flexibility index (Phi) is 7.89. The quantitative estimate of drug-likeness (QED) is 0.455. The molecule has 0 saturated heterocycles. The molecule has 1 amide bonds. The number of rotatable bonds is 6. The summed E-state index contributed by atoms with van der Waals surface area (Å²) in [6.07, 6.45) is -4.12. The number of aromatic nitrogens is 1. The van der Waals surface area contributed by atoms with Crippen LogP contribution < -0.4 is 20.8 Å². The van der Waals surface area contributed by atoms with Gasteiger partial charge in [0.05, 0.1) is 22.0 Å². The lowest BCUT2D eigenvalue weighted by Gasteiger charge is -2.19. The van der Waals surface area contributed by atoms with E-state index in [9.17, 15) is 27.9 Å². The van der Waals surface area contributed by atoms with Crippen LogP contribution in [-0.2, 0) is 23.9 Å². The minimum atomic E-state index is -4.68. The number of thiazole rings is 1. The largest absolute Gasteiger partial charge is 0.493 e. The predicted molar refractivity (Wildman–Crippen MR) is 142 cm³/mol. The minimum Gasteiger partial charge on any atom is -0.493 e. The van der Waals surface area contributed by atoms with Gasteiger partial charge < -0.3 is 15.2 Å². The fourth-order valence-electron chi connectivity index (χ4n) is 3.94. The molecule has 1 aliphatic rings. The highest BCUT2D eigenvalue weighted by atomic mass is 35.5. The number of carbonyl (C=O) groups is 1. The van der Waals surface area contributed by atoms with E-state index in [0.717, 1.165) is 10.6 Å². The molecule has 13 heteroatoms. The van der Waals surface area contributed by atoms with Crippen molar-refractivity contribution in [3.8, 4) is 5.88 Å². The molecule has 0 bridgehead atoms. The fraction of sp³-hybridized carbons (Fsp3) is 0.308. The van der Waals surface area contributed by atoms with Crippen LogP contribution in [0, 0.1) is 0 Å². The summed E-state index contributed by atoms with van der Waals surface area (Å²) in [6, 6.07) is 8.47. The van der Waals surface area contributed by atoms with Crippen LogP contribution in [0.15, 0.2) is 51.4 Å². The third-order valence-corrected chi connectivity index (χ3v) is 6.89. The average molecular weight is 581 g/mol. The second-order valence-electron chi connectivity index (χ2n) is 9.67. The Labute approximate surface area is 229 Å². The van der Waals surface area contributed by atoms with E-state index in [1.54, 1.807) is 39.0 Å². The smallest absolute Gasteiger partial charge is 0.416 e. The summed E-state index contributed by atoms with van der Waals surface area (Å²) >= 11 is 6.55. The van der Waals surface area contributed by atoms with Crippen LogP contribution in [0.2, 0.25) is 5.02 Å². The van der Waals surface area contributed by atoms with Crippen LogP contribution >= 0.6 is 22.9 Å². The second kappa shape index (κ2) is 10.9. The molecule has 0 atom stereocenters. The normalized spacial score (nSPS) is 13.6. The Hall–Kier alpha value is -3.64. The van der Waals surface area contributed by atoms with E-state index in [4.69, 9.17) is 16.3 Å². The topological polar surface area (TPSA) is 105 Å². The Morgan fingerprint density at radius 2 is 1.92 bits per heavy atom. The Bertz CT molecular complexity index is 1640. The minimum absolute atomic E-state index is 0.0277. The Morgan fingerprint density at radius 1 is 1.18 bits per heavy atom. The van der Waals surface area contributed by atoms with E-state index < -0.39 is 34.2 Å². The van der Waals surface area contributed by atoms with Gasteiger partial charge in [-0.1, -0.05) is 35.1 Å². The highest BCUT2D eigenvalue weighted by molar-refractivity contribution is 7.10. The molecule has 0 fully saturated rings. The lowest BCUT2D eigenvalue weighted by molar-refractivity contribution is -0.138. The molecule has 206 valence electrons. The van der Waals surface area contributed by atoms with Gasteiger partial charge in [-0.15, -0.1) is 0 Å². The van der Waals surface area contributed by atoms with Crippen LogP contribution in [-0.4, -0.2) is 34.1 Å². The number of benzene rings is 2. The first-order valence-corrected chi connectivity index (χ1v) is 12.9. The van der Waals surface area contributed by atoms with Gasteiger partial charge in [0.25, 0.3) is 0 Å². The van der Waals surface area contributed by atoms with Crippen molar-refractivity contribution in [1.82, 2.24) is 9.88 Å². The molecule has 2 N–H and O–H groups in total. The highest BCUT2D eigenvalue weighted by Crippen LogP contribution is 2.37. The first kappa shape index (κ1) is 28.4. The summed E-state index contributed by atoms with van der Waals surface area (Å²) in [5, 5.41) is 22.4. The number of hydrogen-bond acceptors (Lipinski definition) is 7. The molecule has 3 aromatic rings. The van der Waals surface area contributed by atoms with Crippen molar-refractivity contribution in [3.05, 3.63) is 83.2 Å². The van der Waals surface area contributed by atoms with Gasteiger partial charge >= 0.3 is 17.1 Å². The van der Waals surface area contributed by atoms with Gasteiger partial charge in [-0.2, -0.15) is 23.4 Å². The van der Waals surface area contributed by atoms with Crippen LogP contribution in [0.3, 0.4) is 0 Å². The van der Waals surface area contributed by atoms with Gasteiger partial charge in [0.1, 0.15) is 5.60 Å². The third-order valence-electron chi connectivity index (χ3n) is 5.63. The molecule has 0 radical (unpaired) electrons. The maximum atomic E-state index is 13.9. The number of carbonyl (C=O) groups excluding carboxylic acids is 1.